The van der Waals surface area contributed by atoms with Gasteiger partial charge >= 0.3 is 5.97 Å². The van der Waals surface area contributed by atoms with E-state index >= 15 is 0 Å². The second kappa shape index (κ2) is 15.0. The SMILES string of the molecule is CC(O)C(=O)O.CN(C)CCOc1ccc(/C(=C(/CCCl)c2ccccc2)c2ccccc2)cc1. The molecule has 0 heterocycles. The molecule has 0 spiro atoms. The number of carboxylic acid groups (broad SMARTS) is 1. The van der Waals surface area contributed by atoms with Gasteiger partial charge in [-0.25, -0.2) is 4.79 Å². The van der Waals surface area contributed by atoms with Crippen LogP contribution in [0.2, 0.25) is 0 Å². The molecule has 6 heteroatoms. The minimum absolute atomic E-state index is 0.576. The average molecular weight is 496 g/mol. The van der Waals surface area contributed by atoms with E-state index in [4.69, 9.17) is 26.6 Å². The van der Waals surface area contributed by atoms with Crippen LogP contribution in [0.4, 0.5) is 0 Å². The maximum Gasteiger partial charge on any atom is 0.332 e. The van der Waals surface area contributed by atoms with E-state index in [0.29, 0.717) is 12.5 Å². The van der Waals surface area contributed by atoms with Gasteiger partial charge in [-0.2, -0.15) is 0 Å². The average Bonchev–Trinajstić information content (AvgIpc) is 2.86. The van der Waals surface area contributed by atoms with Gasteiger partial charge in [0.2, 0.25) is 0 Å². The van der Waals surface area contributed by atoms with E-state index in [-0.39, 0.29) is 0 Å². The standard InChI is InChI=1S/C26H28ClNO.C3H6O3/c1-28(2)19-20-29-24-15-13-23(14-16-24)26(22-11-7-4-8-12-22)25(17-18-27)21-9-5-3-6-10-21;1-2(4)3(5)6/h3-16H,17-20H2,1-2H3;2,4H,1H3,(H,5,6)/b26-25-;. The van der Waals surface area contributed by atoms with Crippen LogP contribution in [0.5, 0.6) is 5.75 Å². The summed E-state index contributed by atoms with van der Waals surface area (Å²) in [4.78, 5) is 11.6. The lowest BCUT2D eigenvalue weighted by Gasteiger charge is -2.17. The largest absolute Gasteiger partial charge is 0.492 e. The molecule has 1 unspecified atom stereocenters. The first-order valence-electron chi connectivity index (χ1n) is 11.5. The molecular weight excluding hydrogens is 462 g/mol. The number of aliphatic hydroxyl groups excluding tert-OH is 1. The smallest absolute Gasteiger partial charge is 0.332 e. The maximum absolute atomic E-state index is 9.45. The number of carbonyl (C=O) groups is 1. The monoisotopic (exact) mass is 495 g/mol. The Hall–Kier alpha value is -3.12. The highest BCUT2D eigenvalue weighted by Gasteiger charge is 2.14. The van der Waals surface area contributed by atoms with E-state index in [2.05, 4.69) is 77.7 Å². The number of carboxylic acids is 1. The molecule has 0 aliphatic carbocycles. The highest BCUT2D eigenvalue weighted by Crippen LogP contribution is 2.35. The number of nitrogens with zero attached hydrogens (tertiary/aromatic N) is 1. The molecule has 5 nitrogen and oxygen atoms in total. The number of ether oxygens (including phenoxy) is 1. The van der Waals surface area contributed by atoms with Crippen molar-refractivity contribution in [2.24, 2.45) is 0 Å². The van der Waals surface area contributed by atoms with Crippen LogP contribution < -0.4 is 4.74 Å². The van der Waals surface area contributed by atoms with Crippen LogP contribution in [0.1, 0.15) is 30.0 Å². The van der Waals surface area contributed by atoms with Gasteiger partial charge in [0.15, 0.2) is 0 Å². The molecule has 0 aromatic heterocycles. The van der Waals surface area contributed by atoms with Gasteiger partial charge in [-0.05, 0) is 67.4 Å². The molecule has 0 bridgehead atoms. The van der Waals surface area contributed by atoms with Crippen molar-refractivity contribution in [2.75, 3.05) is 33.1 Å². The first-order chi connectivity index (χ1) is 16.8. The van der Waals surface area contributed by atoms with Crippen molar-refractivity contribution in [2.45, 2.75) is 19.4 Å². The Morgan fingerprint density at radius 1 is 0.886 bits per heavy atom. The van der Waals surface area contributed by atoms with E-state index in [1.807, 2.05) is 26.2 Å². The van der Waals surface area contributed by atoms with Crippen molar-refractivity contribution in [3.8, 4) is 5.75 Å². The Kier molecular flexibility index (Phi) is 12.0. The molecule has 0 aliphatic rings. The molecule has 0 radical (unpaired) electrons. The van der Waals surface area contributed by atoms with Crippen LogP contribution in [0.3, 0.4) is 0 Å². The summed E-state index contributed by atoms with van der Waals surface area (Å²) in [6.07, 6.45) is -0.429. The van der Waals surface area contributed by atoms with Crippen LogP contribution in [0, 0.1) is 0 Å². The van der Waals surface area contributed by atoms with E-state index in [9.17, 15) is 4.79 Å². The highest BCUT2D eigenvalue weighted by atomic mass is 35.5. The van der Waals surface area contributed by atoms with Gasteiger partial charge < -0.3 is 19.8 Å². The van der Waals surface area contributed by atoms with Crippen LogP contribution in [0.15, 0.2) is 84.9 Å². The quantitative estimate of drug-likeness (QED) is 0.280. The van der Waals surface area contributed by atoms with Gasteiger partial charge in [0.1, 0.15) is 18.5 Å². The van der Waals surface area contributed by atoms with Crippen molar-refractivity contribution in [3.63, 3.8) is 0 Å². The van der Waals surface area contributed by atoms with Crippen molar-refractivity contribution in [1.82, 2.24) is 4.90 Å². The molecule has 2 N–H and O–H groups in total. The molecule has 1 atom stereocenters. The van der Waals surface area contributed by atoms with E-state index < -0.39 is 12.1 Å². The molecule has 3 rings (SSSR count). The lowest BCUT2D eigenvalue weighted by Crippen LogP contribution is -2.19. The lowest BCUT2D eigenvalue weighted by atomic mass is 9.88. The van der Waals surface area contributed by atoms with Crippen LogP contribution in [0.25, 0.3) is 11.1 Å². The summed E-state index contributed by atoms with van der Waals surface area (Å²) in [5, 5.41) is 15.8. The van der Waals surface area contributed by atoms with Crippen molar-refractivity contribution >= 4 is 28.7 Å². The zero-order valence-corrected chi connectivity index (χ0v) is 21.3. The Bertz CT molecular complexity index is 1050. The molecule has 186 valence electrons. The third-order valence-corrected chi connectivity index (χ3v) is 5.33. The number of allylic oxidation sites excluding steroid dienone is 1. The van der Waals surface area contributed by atoms with E-state index in [0.717, 1.165) is 18.7 Å². The normalized spacial score (nSPS) is 12.3. The first kappa shape index (κ1) is 28.1. The Balaban J connectivity index is 0.000000641. The fourth-order valence-corrected chi connectivity index (χ4v) is 3.52. The van der Waals surface area contributed by atoms with Gasteiger partial charge in [-0.15, -0.1) is 11.6 Å². The molecule has 0 aliphatic heterocycles. The number of hydrogen-bond acceptors (Lipinski definition) is 4. The summed E-state index contributed by atoms with van der Waals surface area (Å²) < 4.78 is 5.87. The minimum atomic E-state index is -1.23. The van der Waals surface area contributed by atoms with Crippen LogP contribution in [-0.4, -0.2) is 60.3 Å². The van der Waals surface area contributed by atoms with Gasteiger partial charge in [-0.1, -0.05) is 72.8 Å². The maximum atomic E-state index is 9.45. The van der Waals surface area contributed by atoms with Gasteiger partial charge in [-0.3, -0.25) is 0 Å². The predicted molar refractivity (Wildman–Crippen MR) is 144 cm³/mol. The Morgan fingerprint density at radius 2 is 1.37 bits per heavy atom. The minimum Gasteiger partial charge on any atom is -0.492 e. The Morgan fingerprint density at radius 3 is 1.83 bits per heavy atom. The number of rotatable bonds is 10. The summed E-state index contributed by atoms with van der Waals surface area (Å²) in [5.74, 6) is 0.281. The zero-order valence-electron chi connectivity index (χ0n) is 20.5. The molecule has 0 amide bonds. The molecule has 0 fully saturated rings. The number of aliphatic hydroxyl groups is 1. The summed E-state index contributed by atoms with van der Waals surface area (Å²) in [7, 11) is 4.09. The number of likely N-dealkylation sites (N-methyl/N-ethyl adjacent to an activating group) is 1. The number of alkyl halides is 1. The fraction of sp³-hybridized carbons (Fsp3) is 0.276. The molecule has 35 heavy (non-hydrogen) atoms. The van der Waals surface area contributed by atoms with Gasteiger partial charge in [0.05, 0.1) is 0 Å². The summed E-state index contributed by atoms with van der Waals surface area (Å²) >= 11 is 6.21. The van der Waals surface area contributed by atoms with Gasteiger partial charge in [0.25, 0.3) is 0 Å². The second-order valence-corrected chi connectivity index (χ2v) is 8.59. The fourth-order valence-electron chi connectivity index (χ4n) is 3.33. The van der Waals surface area contributed by atoms with Crippen LogP contribution in [-0.2, 0) is 4.79 Å². The van der Waals surface area contributed by atoms with Crippen molar-refractivity contribution in [1.29, 1.82) is 0 Å². The predicted octanol–water partition coefficient (Wildman–Crippen LogP) is 5.67. The Labute approximate surface area is 213 Å². The second-order valence-electron chi connectivity index (χ2n) is 8.21. The number of hydrogen-bond donors (Lipinski definition) is 2. The van der Waals surface area contributed by atoms with E-state index in [1.165, 1.54) is 34.8 Å². The highest BCUT2D eigenvalue weighted by molar-refractivity contribution is 6.18. The summed E-state index contributed by atoms with van der Waals surface area (Å²) in [6.45, 7) is 2.77. The zero-order chi connectivity index (χ0) is 25.6. The van der Waals surface area contributed by atoms with E-state index in [1.54, 1.807) is 0 Å². The van der Waals surface area contributed by atoms with Gasteiger partial charge in [0, 0.05) is 12.4 Å². The molecule has 0 saturated heterocycles. The topological polar surface area (TPSA) is 70.0 Å². The van der Waals surface area contributed by atoms with Crippen LogP contribution >= 0.6 is 11.6 Å². The molecule has 0 saturated carbocycles. The number of halogens is 1. The summed E-state index contributed by atoms with van der Waals surface area (Å²) in [6, 6.07) is 29.4. The lowest BCUT2D eigenvalue weighted by molar-refractivity contribution is -0.145. The third-order valence-electron chi connectivity index (χ3n) is 5.14. The molecule has 3 aromatic rings. The molecular formula is C29H34ClNO4. The number of benzene rings is 3. The number of aliphatic carboxylic acids is 1. The van der Waals surface area contributed by atoms with Crippen molar-refractivity contribution in [3.05, 3.63) is 102 Å². The third kappa shape index (κ3) is 9.57. The summed E-state index contributed by atoms with van der Waals surface area (Å²) in [5.41, 5.74) is 6.04. The first-order valence-corrected chi connectivity index (χ1v) is 12.1. The van der Waals surface area contributed by atoms with Crippen molar-refractivity contribution < 1.29 is 19.7 Å². The molecule has 3 aromatic carbocycles.